The Morgan fingerprint density at radius 3 is 2.36 bits per heavy atom. The normalized spacial score (nSPS) is 12.4. The maximum absolute atomic E-state index is 12.9. The summed E-state index contributed by atoms with van der Waals surface area (Å²) in [5, 5.41) is 7.62. The lowest BCUT2D eigenvalue weighted by molar-refractivity contribution is -0.116. The molecule has 154 valence electrons. The summed E-state index contributed by atoms with van der Waals surface area (Å²) in [7, 11) is -2.07. The standard InChI is InChI=1S/C19H27ClN4O3S/c1-6-11-24(28(26,27)15-9-7-14(20)8-10-15)13-18(25)21-17-12-16(19(2,3)4)22-23(17)5/h7-10,12H,6,11,13H2,1-5H3,(H,21,25). The van der Waals surface area contributed by atoms with E-state index in [1.54, 1.807) is 17.8 Å². The van der Waals surface area contributed by atoms with E-state index in [0.29, 0.717) is 17.3 Å². The molecule has 2 rings (SSSR count). The topological polar surface area (TPSA) is 84.3 Å². The molecule has 1 N–H and O–H groups in total. The minimum Gasteiger partial charge on any atom is -0.310 e. The van der Waals surface area contributed by atoms with E-state index in [-0.39, 0.29) is 23.4 Å². The minimum atomic E-state index is -3.80. The smallest absolute Gasteiger partial charge is 0.243 e. The van der Waals surface area contributed by atoms with Gasteiger partial charge in [-0.3, -0.25) is 9.48 Å². The Balaban J connectivity index is 2.19. The molecule has 0 saturated carbocycles. The number of hydrogen-bond acceptors (Lipinski definition) is 4. The molecular formula is C19H27ClN4O3S. The molecule has 0 saturated heterocycles. The highest BCUT2D eigenvalue weighted by atomic mass is 35.5. The first-order chi connectivity index (χ1) is 12.9. The third-order valence-electron chi connectivity index (χ3n) is 4.16. The zero-order chi connectivity index (χ0) is 21.1. The van der Waals surface area contributed by atoms with Gasteiger partial charge in [-0.15, -0.1) is 0 Å². The lowest BCUT2D eigenvalue weighted by atomic mass is 9.92. The summed E-state index contributed by atoms with van der Waals surface area (Å²) in [6, 6.07) is 7.71. The van der Waals surface area contributed by atoms with Crippen LogP contribution in [-0.4, -0.2) is 41.5 Å². The van der Waals surface area contributed by atoms with Crippen LogP contribution < -0.4 is 5.32 Å². The first-order valence-corrected chi connectivity index (χ1v) is 10.9. The average molecular weight is 427 g/mol. The molecule has 1 heterocycles. The van der Waals surface area contributed by atoms with E-state index in [0.717, 1.165) is 5.69 Å². The molecule has 0 unspecified atom stereocenters. The van der Waals surface area contributed by atoms with Crippen molar-refractivity contribution in [3.63, 3.8) is 0 Å². The Morgan fingerprint density at radius 2 is 1.86 bits per heavy atom. The second-order valence-corrected chi connectivity index (χ2v) is 10.0. The van der Waals surface area contributed by atoms with Crippen molar-refractivity contribution in [3.8, 4) is 0 Å². The van der Waals surface area contributed by atoms with E-state index < -0.39 is 15.9 Å². The summed E-state index contributed by atoms with van der Waals surface area (Å²) < 4.78 is 28.6. The Labute approximate surface area is 171 Å². The third kappa shape index (κ3) is 5.33. The molecule has 0 bridgehead atoms. The second kappa shape index (κ2) is 8.63. The molecule has 1 aromatic heterocycles. The van der Waals surface area contributed by atoms with Crippen LogP contribution in [0, 0.1) is 0 Å². The lowest BCUT2D eigenvalue weighted by Gasteiger charge is -2.21. The highest BCUT2D eigenvalue weighted by Crippen LogP contribution is 2.24. The number of nitrogens with one attached hydrogen (secondary N) is 1. The number of anilines is 1. The van der Waals surface area contributed by atoms with E-state index in [9.17, 15) is 13.2 Å². The van der Waals surface area contributed by atoms with Crippen molar-refractivity contribution in [2.45, 2.75) is 44.4 Å². The number of carbonyl (C=O) groups is 1. The molecule has 0 fully saturated rings. The number of sulfonamides is 1. The monoisotopic (exact) mass is 426 g/mol. The third-order valence-corrected chi connectivity index (χ3v) is 6.27. The predicted octanol–water partition coefficient (Wildman–Crippen LogP) is 3.41. The lowest BCUT2D eigenvalue weighted by Crippen LogP contribution is -2.38. The van der Waals surface area contributed by atoms with E-state index in [1.165, 1.54) is 28.6 Å². The van der Waals surface area contributed by atoms with Crippen LogP contribution in [0.25, 0.3) is 0 Å². The number of aromatic nitrogens is 2. The molecule has 28 heavy (non-hydrogen) atoms. The highest BCUT2D eigenvalue weighted by Gasteiger charge is 2.27. The number of nitrogens with zero attached hydrogens (tertiary/aromatic N) is 3. The number of carbonyl (C=O) groups excluding carboxylic acids is 1. The van der Waals surface area contributed by atoms with Crippen LogP contribution in [-0.2, 0) is 27.3 Å². The first-order valence-electron chi connectivity index (χ1n) is 9.05. The van der Waals surface area contributed by atoms with E-state index in [1.807, 2.05) is 27.7 Å². The first kappa shape index (κ1) is 22.4. The van der Waals surface area contributed by atoms with Crippen LogP contribution in [0.3, 0.4) is 0 Å². The van der Waals surface area contributed by atoms with Gasteiger partial charge < -0.3 is 5.32 Å². The minimum absolute atomic E-state index is 0.105. The fraction of sp³-hybridized carbons (Fsp3) is 0.474. The van der Waals surface area contributed by atoms with Gasteiger partial charge in [0.15, 0.2) is 0 Å². The van der Waals surface area contributed by atoms with Crippen LogP contribution in [0.4, 0.5) is 5.82 Å². The Hall–Kier alpha value is -1.90. The van der Waals surface area contributed by atoms with Crippen LogP contribution in [0.5, 0.6) is 0 Å². The molecule has 0 aliphatic rings. The maximum Gasteiger partial charge on any atom is 0.243 e. The number of hydrogen-bond donors (Lipinski definition) is 1. The molecule has 0 radical (unpaired) electrons. The summed E-state index contributed by atoms with van der Waals surface area (Å²) in [6.07, 6.45) is 0.583. The van der Waals surface area contributed by atoms with Gasteiger partial charge in [-0.05, 0) is 30.7 Å². The van der Waals surface area contributed by atoms with Gasteiger partial charge in [0.1, 0.15) is 5.82 Å². The van der Waals surface area contributed by atoms with E-state index in [2.05, 4.69) is 10.4 Å². The molecule has 0 spiro atoms. The molecular weight excluding hydrogens is 400 g/mol. The molecule has 0 atom stereocenters. The van der Waals surface area contributed by atoms with Crippen molar-refractivity contribution < 1.29 is 13.2 Å². The summed E-state index contributed by atoms with van der Waals surface area (Å²) in [4.78, 5) is 12.7. The molecule has 1 amide bonds. The summed E-state index contributed by atoms with van der Waals surface area (Å²) >= 11 is 5.85. The van der Waals surface area contributed by atoms with E-state index >= 15 is 0 Å². The average Bonchev–Trinajstić information content (AvgIpc) is 2.96. The Morgan fingerprint density at radius 1 is 1.25 bits per heavy atom. The van der Waals surface area contributed by atoms with Crippen molar-refractivity contribution in [2.24, 2.45) is 7.05 Å². The number of halogens is 1. The van der Waals surface area contributed by atoms with Gasteiger partial charge in [-0.1, -0.05) is 39.3 Å². The molecule has 1 aromatic carbocycles. The molecule has 2 aromatic rings. The molecule has 0 aliphatic heterocycles. The number of rotatable bonds is 7. The van der Waals surface area contributed by atoms with Crippen LogP contribution in [0.15, 0.2) is 35.2 Å². The molecule has 7 nitrogen and oxygen atoms in total. The van der Waals surface area contributed by atoms with Crippen molar-refractivity contribution >= 4 is 33.3 Å². The van der Waals surface area contributed by atoms with Crippen LogP contribution in [0.2, 0.25) is 5.02 Å². The maximum atomic E-state index is 12.9. The highest BCUT2D eigenvalue weighted by molar-refractivity contribution is 7.89. The van der Waals surface area contributed by atoms with Gasteiger partial charge in [0.25, 0.3) is 0 Å². The van der Waals surface area contributed by atoms with Gasteiger partial charge in [0, 0.05) is 30.1 Å². The number of benzene rings is 1. The number of aryl methyl sites for hydroxylation is 1. The van der Waals surface area contributed by atoms with Gasteiger partial charge in [-0.2, -0.15) is 9.40 Å². The quantitative estimate of drug-likeness (QED) is 0.735. The molecule has 0 aliphatic carbocycles. The van der Waals surface area contributed by atoms with Crippen molar-refractivity contribution in [1.29, 1.82) is 0 Å². The summed E-state index contributed by atoms with van der Waals surface area (Å²) in [5.74, 6) is 0.102. The predicted molar refractivity (Wildman–Crippen MR) is 111 cm³/mol. The van der Waals surface area contributed by atoms with Gasteiger partial charge in [0.2, 0.25) is 15.9 Å². The van der Waals surface area contributed by atoms with Crippen LogP contribution in [0.1, 0.15) is 39.8 Å². The fourth-order valence-electron chi connectivity index (χ4n) is 2.58. The van der Waals surface area contributed by atoms with Gasteiger partial charge in [0.05, 0.1) is 17.1 Å². The van der Waals surface area contributed by atoms with E-state index in [4.69, 9.17) is 11.6 Å². The Kier molecular flexibility index (Phi) is 6.90. The van der Waals surface area contributed by atoms with Crippen LogP contribution >= 0.6 is 11.6 Å². The zero-order valence-corrected chi connectivity index (χ0v) is 18.4. The van der Waals surface area contributed by atoms with Crippen molar-refractivity contribution in [1.82, 2.24) is 14.1 Å². The largest absolute Gasteiger partial charge is 0.310 e. The van der Waals surface area contributed by atoms with Crippen molar-refractivity contribution in [3.05, 3.63) is 41.0 Å². The van der Waals surface area contributed by atoms with Crippen molar-refractivity contribution in [2.75, 3.05) is 18.4 Å². The number of amides is 1. The van der Waals surface area contributed by atoms with Gasteiger partial charge >= 0.3 is 0 Å². The second-order valence-electron chi connectivity index (χ2n) is 7.63. The van der Waals surface area contributed by atoms with Gasteiger partial charge in [-0.25, -0.2) is 8.42 Å². The Bertz CT molecular complexity index is 931. The molecule has 9 heteroatoms. The summed E-state index contributed by atoms with van der Waals surface area (Å²) in [5.41, 5.74) is 0.678. The zero-order valence-electron chi connectivity index (χ0n) is 16.9. The fourth-order valence-corrected chi connectivity index (χ4v) is 4.20. The SMILES string of the molecule is CCCN(CC(=O)Nc1cc(C(C)(C)C)nn1C)S(=O)(=O)c1ccc(Cl)cc1. The summed E-state index contributed by atoms with van der Waals surface area (Å²) in [6.45, 7) is 7.90.